The van der Waals surface area contributed by atoms with Crippen molar-refractivity contribution in [1.29, 1.82) is 0 Å². The molecular formula is C9H14I2. The van der Waals surface area contributed by atoms with Crippen molar-refractivity contribution in [3.63, 3.8) is 0 Å². The molecule has 1 saturated carbocycles. The van der Waals surface area contributed by atoms with Crippen LogP contribution < -0.4 is 0 Å². The van der Waals surface area contributed by atoms with E-state index in [-0.39, 0.29) is 0 Å². The van der Waals surface area contributed by atoms with Gasteiger partial charge in [-0.2, -0.15) is 0 Å². The van der Waals surface area contributed by atoms with Gasteiger partial charge in [-0.05, 0) is 30.1 Å². The van der Waals surface area contributed by atoms with Gasteiger partial charge in [-0.15, -0.1) is 0 Å². The molecule has 0 radical (unpaired) electrons. The molecule has 0 heterocycles. The minimum Gasteiger partial charge on any atom is -0.0848 e. The smallest absolute Gasteiger partial charge is 0 e. The van der Waals surface area contributed by atoms with Crippen LogP contribution in [0.4, 0.5) is 0 Å². The fourth-order valence-electron chi connectivity index (χ4n) is 2.32. The first kappa shape index (κ1) is 10.3. The van der Waals surface area contributed by atoms with Crippen LogP contribution in [0.25, 0.3) is 0 Å². The van der Waals surface area contributed by atoms with E-state index in [9.17, 15) is 0 Å². The largest absolute Gasteiger partial charge is 0.0848 e. The molecule has 0 saturated heterocycles. The van der Waals surface area contributed by atoms with Crippen molar-refractivity contribution in [3.8, 4) is 0 Å². The fourth-order valence-corrected chi connectivity index (χ4v) is 2.32. The van der Waals surface area contributed by atoms with E-state index >= 15 is 0 Å². The van der Waals surface area contributed by atoms with Crippen molar-refractivity contribution >= 4 is 37.2 Å². The Hall–Kier alpha value is 1.20. The third kappa shape index (κ3) is 1.92. The first-order chi connectivity index (χ1) is 5.29. The van der Waals surface area contributed by atoms with Crippen molar-refractivity contribution in [1.82, 2.24) is 0 Å². The number of hydrogen-bond donors (Lipinski definition) is 0. The van der Waals surface area contributed by atoms with Crippen molar-refractivity contribution < 1.29 is 0 Å². The third-order valence-corrected chi connectivity index (χ3v) is 3.33. The van der Waals surface area contributed by atoms with Crippen LogP contribution in [0.5, 0.6) is 0 Å². The summed E-state index contributed by atoms with van der Waals surface area (Å²) in [5.74, 6) is 3.79. The van der Waals surface area contributed by atoms with E-state index in [2.05, 4.69) is 63.2 Å². The summed E-state index contributed by atoms with van der Waals surface area (Å²) in [6.45, 7) is 4.78. The molecule has 4 atom stereocenters. The van der Waals surface area contributed by atoms with Crippen LogP contribution in [0.1, 0.15) is 20.3 Å². The van der Waals surface area contributed by atoms with Crippen molar-refractivity contribution in [3.05, 3.63) is 12.2 Å². The molecule has 0 N–H and O–H groups in total. The van der Waals surface area contributed by atoms with E-state index in [0.717, 1.165) is 23.7 Å². The lowest BCUT2D eigenvalue weighted by Crippen LogP contribution is -2.12. The second kappa shape index (κ2) is 4.44. The van der Waals surface area contributed by atoms with E-state index in [4.69, 9.17) is 0 Å². The molecule has 0 spiro atoms. The van der Waals surface area contributed by atoms with Gasteiger partial charge < -0.3 is 0 Å². The Balaban J connectivity index is 0.000000281. The summed E-state index contributed by atoms with van der Waals surface area (Å²) >= 11 is 4.24. The molecule has 1 fully saturated rings. The summed E-state index contributed by atoms with van der Waals surface area (Å²) in [4.78, 5) is 0. The van der Waals surface area contributed by atoms with Gasteiger partial charge in [0.1, 0.15) is 0 Å². The van der Waals surface area contributed by atoms with Crippen LogP contribution in [0.2, 0.25) is 0 Å². The molecule has 2 aliphatic rings. The number of fused-ring (bicyclic) bond motifs is 2. The molecule has 2 aliphatic carbocycles. The predicted molar refractivity (Wildman–Crippen MR) is 67.1 cm³/mol. The maximum Gasteiger partial charge on any atom is 0 e. The molecule has 0 amide bonds. The summed E-state index contributed by atoms with van der Waals surface area (Å²) in [6, 6.07) is 0. The van der Waals surface area contributed by atoms with Crippen LogP contribution in [0, 0.1) is 23.7 Å². The molecule has 0 aromatic carbocycles. The lowest BCUT2D eigenvalue weighted by molar-refractivity contribution is 0.364. The van der Waals surface area contributed by atoms with Crippen LogP contribution >= 0.6 is 37.2 Å². The van der Waals surface area contributed by atoms with Crippen LogP contribution in [0.3, 0.4) is 0 Å². The zero-order chi connectivity index (χ0) is 8.43. The van der Waals surface area contributed by atoms with Crippen LogP contribution in [-0.4, -0.2) is 0 Å². The first-order valence-corrected chi connectivity index (χ1v) is 10.4. The van der Waals surface area contributed by atoms with E-state index in [0.29, 0.717) is 0 Å². The Bertz CT molecular complexity index is 138. The van der Waals surface area contributed by atoms with Crippen molar-refractivity contribution in [2.75, 3.05) is 0 Å². The van der Waals surface area contributed by atoms with Gasteiger partial charge in [-0.25, -0.2) is 0 Å². The Morgan fingerprint density at radius 3 is 1.55 bits per heavy atom. The van der Waals surface area contributed by atoms with Gasteiger partial charge in [0, 0.05) is 37.2 Å². The Morgan fingerprint density at radius 2 is 1.36 bits per heavy atom. The average Bonchev–Trinajstić information content (AvgIpc) is 2.60. The van der Waals surface area contributed by atoms with Gasteiger partial charge in [0.2, 0.25) is 0 Å². The van der Waals surface area contributed by atoms with E-state index in [1.54, 1.807) is 0 Å². The summed E-state index contributed by atoms with van der Waals surface area (Å²) in [5.41, 5.74) is 0. The van der Waals surface area contributed by atoms with Gasteiger partial charge in [-0.1, -0.05) is 26.0 Å². The third-order valence-electron chi connectivity index (χ3n) is 3.33. The van der Waals surface area contributed by atoms with Crippen LogP contribution in [-0.2, 0) is 0 Å². The zero-order valence-electron chi connectivity index (χ0n) is 6.93. The zero-order valence-corrected chi connectivity index (χ0v) is 11.2. The molecule has 2 bridgehead atoms. The number of hydrogen-bond acceptors (Lipinski definition) is 0. The fraction of sp³-hybridized carbons (Fsp3) is 0.778. The molecule has 64 valence electrons. The van der Waals surface area contributed by atoms with Gasteiger partial charge in [-0.3, -0.25) is 0 Å². The number of rotatable bonds is 0. The molecule has 0 aliphatic heterocycles. The maximum atomic E-state index is 2.41. The normalized spacial score (nSPS) is 45.5. The first-order valence-electron chi connectivity index (χ1n) is 4.11. The summed E-state index contributed by atoms with van der Waals surface area (Å²) in [6.07, 6.45) is 6.27. The van der Waals surface area contributed by atoms with Crippen LogP contribution in [0.15, 0.2) is 12.2 Å². The lowest BCUT2D eigenvalue weighted by atomic mass is 9.86. The molecule has 2 rings (SSSR count). The lowest BCUT2D eigenvalue weighted by Gasteiger charge is -2.19. The highest BCUT2D eigenvalue weighted by Crippen LogP contribution is 2.47. The van der Waals surface area contributed by atoms with Crippen molar-refractivity contribution in [2.45, 2.75) is 20.3 Å². The molecular weight excluding hydrogens is 362 g/mol. The van der Waals surface area contributed by atoms with Gasteiger partial charge in [0.25, 0.3) is 0 Å². The molecule has 11 heavy (non-hydrogen) atoms. The van der Waals surface area contributed by atoms with Gasteiger partial charge >= 0.3 is 0 Å². The molecule has 4 unspecified atom stereocenters. The highest BCUT2D eigenvalue weighted by molar-refractivity contribution is 15.0. The van der Waals surface area contributed by atoms with E-state index in [1.165, 1.54) is 6.42 Å². The average molecular weight is 376 g/mol. The number of allylic oxidation sites excluding steroid dienone is 2. The van der Waals surface area contributed by atoms with Crippen molar-refractivity contribution in [2.24, 2.45) is 23.7 Å². The summed E-state index contributed by atoms with van der Waals surface area (Å²) < 4.78 is 0. The molecule has 2 heteroatoms. The second-order valence-corrected chi connectivity index (χ2v) is 3.67. The van der Waals surface area contributed by atoms with Gasteiger partial charge in [0.05, 0.1) is 0 Å². The second-order valence-electron chi connectivity index (χ2n) is 3.67. The topological polar surface area (TPSA) is 0 Å². The molecule has 0 aromatic rings. The predicted octanol–water partition coefficient (Wildman–Crippen LogP) is 4.24. The maximum absolute atomic E-state index is 2.41. The SMILES string of the molecule is CC1C2C=CC(C2)C1C.II. The Kier molecular flexibility index (Phi) is 4.15. The molecule has 0 aromatic heterocycles. The standard InChI is InChI=1S/C9H14.I2/c1-6-7(2)9-4-3-8(6)5-9;1-2/h3-4,6-9H,5H2,1-2H3;. The van der Waals surface area contributed by atoms with Gasteiger partial charge in [0.15, 0.2) is 0 Å². The van der Waals surface area contributed by atoms with E-state index in [1.807, 2.05) is 0 Å². The van der Waals surface area contributed by atoms with E-state index < -0.39 is 0 Å². The Morgan fingerprint density at radius 1 is 1.00 bits per heavy atom. The quantitative estimate of drug-likeness (QED) is 0.439. The highest BCUT2D eigenvalue weighted by atomic mass is 128. The summed E-state index contributed by atoms with van der Waals surface area (Å²) in [7, 11) is 0. The number of halogens is 2. The monoisotopic (exact) mass is 376 g/mol. The molecule has 0 nitrogen and oxygen atoms in total. The Labute approximate surface area is 92.5 Å². The summed E-state index contributed by atoms with van der Waals surface area (Å²) in [5, 5.41) is 0. The minimum atomic E-state index is 0.935. The highest BCUT2D eigenvalue weighted by Gasteiger charge is 2.38. The minimum absolute atomic E-state index is 0.935.